The van der Waals surface area contributed by atoms with Crippen LogP contribution in [0.3, 0.4) is 0 Å². The zero-order valence-corrected chi connectivity index (χ0v) is 18.3. The van der Waals surface area contributed by atoms with Crippen LogP contribution >= 0.6 is 11.3 Å². The molecule has 2 rings (SSSR count). The highest BCUT2D eigenvalue weighted by molar-refractivity contribution is 7.09. The summed E-state index contributed by atoms with van der Waals surface area (Å²) < 4.78 is 63.5. The first-order valence-electron chi connectivity index (χ1n) is 9.40. The largest absolute Gasteiger partial charge is 0.490 e. The Hall–Kier alpha value is -1.94. The Kier molecular flexibility index (Phi) is 13.5. The number of halogens is 6. The summed E-state index contributed by atoms with van der Waals surface area (Å²) in [6, 6.07) is 4.18. The lowest BCUT2D eigenvalue weighted by molar-refractivity contribution is -0.193. The summed E-state index contributed by atoms with van der Waals surface area (Å²) in [7, 11) is 2.11. The minimum atomic E-state index is -5.08. The van der Waals surface area contributed by atoms with E-state index in [2.05, 4.69) is 34.4 Å². The van der Waals surface area contributed by atoms with E-state index in [0.29, 0.717) is 6.54 Å². The summed E-state index contributed by atoms with van der Waals surface area (Å²) in [5, 5.41) is 35.6. The van der Waals surface area contributed by atoms with Crippen LogP contribution < -0.4 is 0 Å². The monoisotopic (exact) mass is 512 g/mol. The fraction of sp³-hybridized carbons (Fsp3) is 0.667. The predicted molar refractivity (Wildman–Crippen MR) is 106 cm³/mol. The van der Waals surface area contributed by atoms with Crippen LogP contribution in [0.15, 0.2) is 17.5 Å². The van der Waals surface area contributed by atoms with Gasteiger partial charge in [0.2, 0.25) is 0 Å². The molecule has 8 nitrogen and oxygen atoms in total. The van der Waals surface area contributed by atoms with Crippen LogP contribution in [0.1, 0.15) is 11.3 Å². The van der Waals surface area contributed by atoms with E-state index >= 15 is 0 Å². The van der Waals surface area contributed by atoms with Crippen molar-refractivity contribution in [3.8, 4) is 0 Å². The van der Waals surface area contributed by atoms with Crippen LogP contribution in [0.5, 0.6) is 0 Å². The number of rotatable bonds is 6. The number of carboxylic acid groups (broad SMARTS) is 2. The van der Waals surface area contributed by atoms with E-state index in [9.17, 15) is 36.6 Å². The molecule has 2 atom stereocenters. The SMILES string of the molecule is CN1CC[C@@H](O)[C@H](CN(CCO)Cc2cccs2)C1.O=C(O)C(F)(F)F.O=C(O)C(F)(F)F. The number of carbonyl (C=O) groups is 2. The van der Waals surface area contributed by atoms with E-state index in [1.165, 1.54) is 4.88 Å². The van der Waals surface area contributed by atoms with Gasteiger partial charge in [-0.3, -0.25) is 4.90 Å². The van der Waals surface area contributed by atoms with Gasteiger partial charge in [0.25, 0.3) is 0 Å². The average Bonchev–Trinajstić information content (AvgIpc) is 3.17. The molecule has 1 aromatic rings. The van der Waals surface area contributed by atoms with Crippen LogP contribution in [-0.4, -0.2) is 100 Å². The van der Waals surface area contributed by atoms with Crippen molar-refractivity contribution in [1.82, 2.24) is 9.80 Å². The molecule has 0 radical (unpaired) electrons. The van der Waals surface area contributed by atoms with Gasteiger partial charge in [-0.05, 0) is 24.9 Å². The van der Waals surface area contributed by atoms with Crippen molar-refractivity contribution >= 4 is 23.3 Å². The third-order valence-electron chi connectivity index (χ3n) is 4.25. The second-order valence-electron chi connectivity index (χ2n) is 7.02. The molecular formula is C18H26F6N2O6S. The smallest absolute Gasteiger partial charge is 0.475 e. The Morgan fingerprint density at radius 3 is 2.06 bits per heavy atom. The Morgan fingerprint density at radius 1 is 1.15 bits per heavy atom. The summed E-state index contributed by atoms with van der Waals surface area (Å²) in [6.45, 7) is 4.47. The number of nitrogens with zero attached hydrogens (tertiary/aromatic N) is 2. The maximum Gasteiger partial charge on any atom is 0.490 e. The van der Waals surface area contributed by atoms with E-state index in [4.69, 9.17) is 19.8 Å². The van der Waals surface area contributed by atoms with Gasteiger partial charge < -0.3 is 25.3 Å². The Balaban J connectivity index is 0.000000605. The summed E-state index contributed by atoms with van der Waals surface area (Å²) >= 11 is 1.74. The molecule has 1 aliphatic heterocycles. The molecule has 33 heavy (non-hydrogen) atoms. The van der Waals surface area contributed by atoms with Crippen LogP contribution in [-0.2, 0) is 16.1 Å². The van der Waals surface area contributed by atoms with E-state index < -0.39 is 24.3 Å². The minimum absolute atomic E-state index is 0.171. The topological polar surface area (TPSA) is 122 Å². The van der Waals surface area contributed by atoms with Gasteiger partial charge in [-0.15, -0.1) is 11.3 Å². The molecule has 0 saturated carbocycles. The highest BCUT2D eigenvalue weighted by Crippen LogP contribution is 2.19. The summed E-state index contributed by atoms with van der Waals surface area (Å²) in [5.74, 6) is -5.23. The molecule has 1 aliphatic rings. The molecule has 1 aromatic heterocycles. The first-order chi connectivity index (χ1) is 15.1. The van der Waals surface area contributed by atoms with Gasteiger partial charge in [0.15, 0.2) is 0 Å². The first kappa shape index (κ1) is 31.1. The fourth-order valence-electron chi connectivity index (χ4n) is 2.71. The van der Waals surface area contributed by atoms with Gasteiger partial charge in [-0.25, -0.2) is 9.59 Å². The number of piperidine rings is 1. The number of aliphatic carboxylic acids is 2. The van der Waals surface area contributed by atoms with Crippen molar-refractivity contribution in [3.63, 3.8) is 0 Å². The Labute approximate surface area is 189 Å². The fourth-order valence-corrected chi connectivity index (χ4v) is 3.46. The van der Waals surface area contributed by atoms with Crippen molar-refractivity contribution in [2.45, 2.75) is 31.4 Å². The lowest BCUT2D eigenvalue weighted by Crippen LogP contribution is -2.46. The van der Waals surface area contributed by atoms with Crippen molar-refractivity contribution in [1.29, 1.82) is 0 Å². The molecule has 2 heterocycles. The number of carboxylic acids is 2. The summed E-state index contributed by atoms with van der Waals surface area (Å²) in [4.78, 5) is 23.6. The molecule has 0 amide bonds. The van der Waals surface area contributed by atoms with E-state index in [1.807, 2.05) is 0 Å². The van der Waals surface area contributed by atoms with Gasteiger partial charge in [0.1, 0.15) is 0 Å². The molecular weight excluding hydrogens is 486 g/mol. The van der Waals surface area contributed by atoms with Crippen molar-refractivity contribution in [2.24, 2.45) is 5.92 Å². The van der Waals surface area contributed by atoms with Gasteiger partial charge in [-0.2, -0.15) is 26.3 Å². The normalized spacial score (nSPS) is 19.2. The number of aliphatic hydroxyl groups is 2. The standard InChI is InChI=1S/C14H24N2O2S.2C2HF3O2/c1-15-5-4-14(18)12(9-15)10-16(6-7-17)11-13-3-2-8-19-13;2*3-2(4,5)1(6)7/h2-3,8,12,14,17-18H,4-7,9-11H2,1H3;2*(H,6,7)/t12-,14+;;/m0../s1. The third kappa shape index (κ3) is 14.0. The zero-order valence-electron chi connectivity index (χ0n) is 17.5. The van der Waals surface area contributed by atoms with Gasteiger partial charge in [0, 0.05) is 43.5 Å². The van der Waals surface area contributed by atoms with Crippen molar-refractivity contribution < 1.29 is 56.4 Å². The molecule has 0 unspecified atom stereocenters. The number of hydrogen-bond donors (Lipinski definition) is 4. The number of alkyl halides is 6. The molecule has 0 aliphatic carbocycles. The maximum atomic E-state index is 10.6. The molecule has 15 heteroatoms. The summed E-state index contributed by atoms with van der Waals surface area (Å²) in [6.07, 6.45) is -9.52. The quantitative estimate of drug-likeness (QED) is 0.428. The van der Waals surface area contributed by atoms with Gasteiger partial charge in [0.05, 0.1) is 12.7 Å². The van der Waals surface area contributed by atoms with Crippen LogP contribution in [0.2, 0.25) is 0 Å². The average molecular weight is 512 g/mol. The van der Waals surface area contributed by atoms with E-state index in [1.54, 1.807) is 11.3 Å². The van der Waals surface area contributed by atoms with E-state index in [0.717, 1.165) is 32.6 Å². The molecule has 1 saturated heterocycles. The summed E-state index contributed by atoms with van der Waals surface area (Å²) in [5.41, 5.74) is 0. The van der Waals surface area contributed by atoms with Crippen LogP contribution in [0.25, 0.3) is 0 Å². The van der Waals surface area contributed by atoms with Gasteiger partial charge >= 0.3 is 24.3 Å². The van der Waals surface area contributed by atoms with Gasteiger partial charge in [-0.1, -0.05) is 6.07 Å². The number of hydrogen-bond acceptors (Lipinski definition) is 7. The molecule has 1 fully saturated rings. The zero-order chi connectivity index (χ0) is 25.8. The van der Waals surface area contributed by atoms with Crippen LogP contribution in [0, 0.1) is 5.92 Å². The molecule has 0 aromatic carbocycles. The highest BCUT2D eigenvalue weighted by atomic mass is 32.1. The molecule has 192 valence electrons. The lowest BCUT2D eigenvalue weighted by atomic mass is 9.94. The second kappa shape index (κ2) is 14.3. The minimum Gasteiger partial charge on any atom is -0.475 e. The highest BCUT2D eigenvalue weighted by Gasteiger charge is 2.38. The Morgan fingerprint density at radius 2 is 1.67 bits per heavy atom. The maximum absolute atomic E-state index is 10.6. The molecule has 0 bridgehead atoms. The van der Waals surface area contributed by atoms with E-state index in [-0.39, 0.29) is 18.6 Å². The third-order valence-corrected chi connectivity index (χ3v) is 5.11. The van der Waals surface area contributed by atoms with Crippen LogP contribution in [0.4, 0.5) is 26.3 Å². The number of thiophene rings is 1. The number of likely N-dealkylation sites (tertiary alicyclic amines) is 1. The van der Waals surface area contributed by atoms with Crippen molar-refractivity contribution in [3.05, 3.63) is 22.4 Å². The Bertz CT molecular complexity index is 678. The second-order valence-corrected chi connectivity index (χ2v) is 8.05. The van der Waals surface area contributed by atoms with Crippen molar-refractivity contribution in [2.75, 3.05) is 39.8 Å². The number of aliphatic hydroxyl groups excluding tert-OH is 2. The first-order valence-corrected chi connectivity index (χ1v) is 10.3. The lowest BCUT2D eigenvalue weighted by Gasteiger charge is -2.36. The molecule has 0 spiro atoms. The molecule has 4 N–H and O–H groups in total. The predicted octanol–water partition coefficient (Wildman–Crippen LogP) is 2.12.